The molecule has 0 fully saturated rings. The minimum absolute atomic E-state index is 0.863. The van der Waals surface area contributed by atoms with Crippen LogP contribution in [0.1, 0.15) is 5.69 Å². The second kappa shape index (κ2) is 5.04. The molecule has 0 spiro atoms. The van der Waals surface area contributed by atoms with Crippen molar-refractivity contribution in [2.24, 2.45) is 0 Å². The maximum absolute atomic E-state index is 12.8. The molecule has 0 saturated heterocycles. The molecule has 1 heterocycles. The van der Waals surface area contributed by atoms with E-state index in [9.17, 15) is 3.83 Å². The second-order valence-electron chi connectivity index (χ2n) is 4.34. The first-order valence-electron chi connectivity index (χ1n) is 6.08. The summed E-state index contributed by atoms with van der Waals surface area (Å²) in [5.41, 5.74) is 0.863. The van der Waals surface area contributed by atoms with Gasteiger partial charge in [0, 0.05) is 0 Å². The molecule has 19 heavy (non-hydrogen) atoms. The molecule has 1 aromatic heterocycles. The number of nitrogens with zero attached hydrogens (tertiary/aromatic N) is 1. The van der Waals surface area contributed by atoms with Crippen LogP contribution in [0.3, 0.4) is 0 Å². The van der Waals surface area contributed by atoms with E-state index in [4.69, 9.17) is 0 Å². The van der Waals surface area contributed by atoms with Crippen LogP contribution in [-0.2, 0) is 3.83 Å². The van der Waals surface area contributed by atoms with Gasteiger partial charge in [0.1, 0.15) is 0 Å². The molecule has 94 valence electrons. The molecule has 2 aromatic carbocycles. The van der Waals surface area contributed by atoms with Gasteiger partial charge in [-0.2, -0.15) is 0 Å². The maximum atomic E-state index is 12.8. The van der Waals surface area contributed by atoms with Crippen LogP contribution in [0.5, 0.6) is 0 Å². The topological polar surface area (TPSA) is 30.0 Å². The van der Waals surface area contributed by atoms with Gasteiger partial charge in [-0.1, -0.05) is 0 Å². The predicted octanol–water partition coefficient (Wildman–Crippen LogP) is 2.08. The van der Waals surface area contributed by atoms with Gasteiger partial charge in [-0.3, -0.25) is 0 Å². The Kier molecular flexibility index (Phi) is 3.24. The van der Waals surface area contributed by atoms with Crippen LogP contribution in [-0.4, -0.2) is 18.8 Å². The van der Waals surface area contributed by atoms with Crippen LogP contribution in [0, 0.1) is 6.92 Å². The van der Waals surface area contributed by atoms with Crippen LogP contribution >= 0.6 is 0 Å². The van der Waals surface area contributed by atoms with Crippen LogP contribution in [0.25, 0.3) is 10.8 Å². The van der Waals surface area contributed by atoms with E-state index in [2.05, 4.69) is 4.98 Å². The molecule has 3 heteroatoms. The van der Waals surface area contributed by atoms with E-state index >= 15 is 0 Å². The summed E-state index contributed by atoms with van der Waals surface area (Å²) in [7, 11) is 0. The molecule has 0 aliphatic rings. The summed E-state index contributed by atoms with van der Waals surface area (Å²) in [5, 5.41) is 2.10. The first kappa shape index (κ1) is 12.2. The number of hydrogen-bond acceptors (Lipinski definition) is 2. The van der Waals surface area contributed by atoms with Gasteiger partial charge < -0.3 is 0 Å². The quantitative estimate of drug-likeness (QED) is 0.678. The van der Waals surface area contributed by atoms with Crippen molar-refractivity contribution in [3.8, 4) is 0 Å². The molecule has 0 aliphatic carbocycles. The van der Waals surface area contributed by atoms with Crippen LogP contribution in [0.4, 0.5) is 0 Å². The zero-order valence-electron chi connectivity index (χ0n) is 10.5. The number of pyridine rings is 1. The molecule has 2 nitrogen and oxygen atoms in total. The Morgan fingerprint density at radius 1 is 0.947 bits per heavy atom. The van der Waals surface area contributed by atoms with Crippen molar-refractivity contribution >= 4 is 33.5 Å². The van der Waals surface area contributed by atoms with E-state index in [0.717, 1.165) is 25.4 Å². The van der Waals surface area contributed by atoms with Gasteiger partial charge in [0.05, 0.1) is 0 Å². The van der Waals surface area contributed by atoms with E-state index in [1.807, 2.05) is 67.7 Å². The fourth-order valence-electron chi connectivity index (χ4n) is 2.13. The summed E-state index contributed by atoms with van der Waals surface area (Å²) < 4.78 is 14.7. The summed E-state index contributed by atoms with van der Waals surface area (Å²) in [6.45, 7) is 1.93. The van der Waals surface area contributed by atoms with Gasteiger partial charge in [0.2, 0.25) is 0 Å². The molecular formula is C16H13NOSe. The third-order valence-corrected chi connectivity index (χ3v) is 6.40. The summed E-state index contributed by atoms with van der Waals surface area (Å²) in [4.78, 5) is 4.39. The molecule has 3 aromatic rings. The zero-order chi connectivity index (χ0) is 13.2. The Bertz CT molecular complexity index is 753. The molecule has 1 atom stereocenters. The molecule has 0 radical (unpaired) electrons. The van der Waals surface area contributed by atoms with Gasteiger partial charge >= 0.3 is 116 Å². The third kappa shape index (κ3) is 2.23. The van der Waals surface area contributed by atoms with Crippen molar-refractivity contribution in [3.63, 3.8) is 0 Å². The number of aromatic nitrogens is 1. The molecule has 1 unspecified atom stereocenters. The molecule has 0 bridgehead atoms. The van der Waals surface area contributed by atoms with Gasteiger partial charge in [0.25, 0.3) is 0 Å². The first-order valence-corrected chi connectivity index (χ1v) is 8.50. The van der Waals surface area contributed by atoms with E-state index < -0.39 is 13.8 Å². The standard InChI is InChI=1S/C16H13NOSe/c1-12-16(19(18)14-8-3-2-4-9-14)15-10-6-5-7-13(15)11-17-12/h2-11H,1H3. The number of benzene rings is 2. The fraction of sp³-hybridized carbons (Fsp3) is 0.0625. The Morgan fingerprint density at radius 2 is 1.63 bits per heavy atom. The molecule has 0 amide bonds. The molecule has 0 aliphatic heterocycles. The normalized spacial score (nSPS) is 12.5. The summed E-state index contributed by atoms with van der Waals surface area (Å²) in [5.74, 6) is 0. The first-order chi connectivity index (χ1) is 9.27. The van der Waals surface area contributed by atoms with Gasteiger partial charge in [-0.25, -0.2) is 0 Å². The number of hydrogen-bond donors (Lipinski definition) is 0. The summed E-state index contributed by atoms with van der Waals surface area (Å²) >= 11 is -2.27. The van der Waals surface area contributed by atoms with Gasteiger partial charge in [-0.15, -0.1) is 0 Å². The van der Waals surface area contributed by atoms with E-state index in [1.165, 1.54) is 0 Å². The average Bonchev–Trinajstić information content (AvgIpc) is 2.47. The number of fused-ring (bicyclic) bond motifs is 1. The van der Waals surface area contributed by atoms with Crippen molar-refractivity contribution in [2.45, 2.75) is 6.92 Å². The van der Waals surface area contributed by atoms with Crippen molar-refractivity contribution < 1.29 is 3.83 Å². The van der Waals surface area contributed by atoms with Crippen molar-refractivity contribution in [1.82, 2.24) is 4.98 Å². The summed E-state index contributed by atoms with van der Waals surface area (Å²) in [6.07, 6.45) is 1.85. The summed E-state index contributed by atoms with van der Waals surface area (Å²) in [6, 6.07) is 17.6. The van der Waals surface area contributed by atoms with Crippen LogP contribution in [0.2, 0.25) is 0 Å². The third-order valence-electron chi connectivity index (χ3n) is 3.07. The monoisotopic (exact) mass is 315 g/mol. The number of rotatable bonds is 2. The average molecular weight is 314 g/mol. The second-order valence-corrected chi connectivity index (χ2v) is 7.31. The van der Waals surface area contributed by atoms with E-state index in [-0.39, 0.29) is 0 Å². The Morgan fingerprint density at radius 3 is 2.42 bits per heavy atom. The predicted molar refractivity (Wildman–Crippen MR) is 78.6 cm³/mol. The minimum atomic E-state index is -2.27. The Balaban J connectivity index is 2.25. The zero-order valence-corrected chi connectivity index (χ0v) is 12.3. The molecule has 3 rings (SSSR count). The fourth-order valence-corrected chi connectivity index (χ4v) is 4.96. The van der Waals surface area contributed by atoms with Crippen molar-refractivity contribution in [3.05, 3.63) is 66.5 Å². The van der Waals surface area contributed by atoms with Gasteiger partial charge in [-0.05, 0) is 0 Å². The van der Waals surface area contributed by atoms with Gasteiger partial charge in [0.15, 0.2) is 0 Å². The molecule has 0 saturated carbocycles. The van der Waals surface area contributed by atoms with E-state index in [1.54, 1.807) is 0 Å². The van der Waals surface area contributed by atoms with Crippen LogP contribution < -0.4 is 8.92 Å². The number of aryl methyl sites for hydroxylation is 1. The SMILES string of the molecule is Cc1ncc2ccccc2c1[Se](=O)c1ccccc1. The van der Waals surface area contributed by atoms with Crippen LogP contribution in [0.15, 0.2) is 60.8 Å². The van der Waals surface area contributed by atoms with Crippen molar-refractivity contribution in [1.29, 1.82) is 0 Å². The Hall–Kier alpha value is -1.83. The van der Waals surface area contributed by atoms with E-state index in [0.29, 0.717) is 0 Å². The Labute approximate surface area is 116 Å². The van der Waals surface area contributed by atoms with Crippen molar-refractivity contribution in [2.75, 3.05) is 0 Å². The molecule has 0 N–H and O–H groups in total. The molecular weight excluding hydrogens is 301 g/mol.